The van der Waals surface area contributed by atoms with Crippen LogP contribution in [0.5, 0.6) is 11.5 Å². The van der Waals surface area contributed by atoms with Crippen molar-refractivity contribution in [2.75, 3.05) is 0 Å². The Kier molecular flexibility index (Phi) is 2.03. The molecule has 16 heavy (non-hydrogen) atoms. The Morgan fingerprint density at radius 3 is 1.69 bits per heavy atom. The first kappa shape index (κ1) is 9.52. The van der Waals surface area contributed by atoms with Crippen LogP contribution in [0.3, 0.4) is 0 Å². The Labute approximate surface area is 95.2 Å². The zero-order valence-electron chi connectivity index (χ0n) is 9.44. The summed E-state index contributed by atoms with van der Waals surface area (Å²) in [5, 5.41) is 0. The summed E-state index contributed by atoms with van der Waals surface area (Å²) < 4.78 is 11.6. The van der Waals surface area contributed by atoms with Crippen LogP contribution >= 0.6 is 0 Å². The van der Waals surface area contributed by atoms with Gasteiger partial charge in [-0.2, -0.15) is 0 Å². The van der Waals surface area contributed by atoms with Crippen LogP contribution in [0, 0.1) is 11.8 Å². The molecule has 0 radical (unpaired) electrons. The fourth-order valence-corrected chi connectivity index (χ4v) is 1.97. The molecular weight excluding hydrogens is 200 g/mol. The van der Waals surface area contributed by atoms with Gasteiger partial charge in [0.25, 0.3) is 0 Å². The molecule has 0 spiro atoms. The SMILES string of the molecule is CC1C=C2Oc3ccccc3OC2=CC1C. The van der Waals surface area contributed by atoms with E-state index < -0.39 is 0 Å². The average molecular weight is 214 g/mol. The van der Waals surface area contributed by atoms with Crippen LogP contribution in [-0.2, 0) is 0 Å². The van der Waals surface area contributed by atoms with Crippen LogP contribution < -0.4 is 9.47 Å². The van der Waals surface area contributed by atoms with Gasteiger partial charge in [-0.3, -0.25) is 0 Å². The molecule has 1 aromatic carbocycles. The van der Waals surface area contributed by atoms with Gasteiger partial charge in [-0.25, -0.2) is 0 Å². The molecule has 0 N–H and O–H groups in total. The van der Waals surface area contributed by atoms with Crippen LogP contribution in [0.1, 0.15) is 13.8 Å². The number of hydrogen-bond acceptors (Lipinski definition) is 2. The molecule has 1 aliphatic carbocycles. The number of fused-ring (bicyclic) bond motifs is 2. The maximum atomic E-state index is 5.82. The average Bonchev–Trinajstić information content (AvgIpc) is 2.28. The third kappa shape index (κ3) is 1.42. The highest BCUT2D eigenvalue weighted by Crippen LogP contribution is 2.39. The van der Waals surface area contributed by atoms with E-state index in [-0.39, 0.29) is 0 Å². The minimum atomic E-state index is 0.493. The van der Waals surface area contributed by atoms with E-state index in [4.69, 9.17) is 9.47 Å². The van der Waals surface area contributed by atoms with E-state index in [0.717, 1.165) is 23.0 Å². The summed E-state index contributed by atoms with van der Waals surface area (Å²) >= 11 is 0. The lowest BCUT2D eigenvalue weighted by Crippen LogP contribution is -2.19. The largest absolute Gasteiger partial charge is 0.450 e. The molecule has 2 nitrogen and oxygen atoms in total. The van der Waals surface area contributed by atoms with Crippen molar-refractivity contribution in [1.29, 1.82) is 0 Å². The molecule has 3 rings (SSSR count). The van der Waals surface area contributed by atoms with E-state index in [1.54, 1.807) is 0 Å². The highest BCUT2D eigenvalue weighted by Gasteiger charge is 2.26. The van der Waals surface area contributed by atoms with Crippen molar-refractivity contribution in [2.24, 2.45) is 11.8 Å². The Hall–Kier alpha value is -1.70. The molecule has 2 atom stereocenters. The molecule has 1 aromatic rings. The first-order valence-corrected chi connectivity index (χ1v) is 5.63. The van der Waals surface area contributed by atoms with E-state index in [1.807, 2.05) is 24.3 Å². The maximum absolute atomic E-state index is 5.82. The Morgan fingerprint density at radius 1 is 0.812 bits per heavy atom. The molecule has 0 aromatic heterocycles. The van der Waals surface area contributed by atoms with Gasteiger partial charge >= 0.3 is 0 Å². The van der Waals surface area contributed by atoms with E-state index in [1.165, 1.54) is 0 Å². The second-order valence-corrected chi connectivity index (χ2v) is 4.43. The monoisotopic (exact) mass is 214 g/mol. The van der Waals surface area contributed by atoms with Gasteiger partial charge in [0.1, 0.15) is 0 Å². The minimum absolute atomic E-state index is 0.493. The highest BCUT2D eigenvalue weighted by molar-refractivity contribution is 5.48. The number of hydrogen-bond donors (Lipinski definition) is 0. The molecule has 0 saturated carbocycles. The van der Waals surface area contributed by atoms with Gasteiger partial charge < -0.3 is 9.47 Å². The Bertz CT molecular complexity index is 440. The van der Waals surface area contributed by atoms with Crippen molar-refractivity contribution in [2.45, 2.75) is 13.8 Å². The number of para-hydroxylation sites is 2. The van der Waals surface area contributed by atoms with Crippen molar-refractivity contribution < 1.29 is 9.47 Å². The summed E-state index contributed by atoms with van der Waals surface area (Å²) in [5.41, 5.74) is 0. The number of allylic oxidation sites excluding steroid dienone is 2. The molecule has 0 saturated heterocycles. The molecule has 1 aliphatic heterocycles. The minimum Gasteiger partial charge on any atom is -0.450 e. The van der Waals surface area contributed by atoms with Gasteiger partial charge in [-0.1, -0.05) is 26.0 Å². The fraction of sp³-hybridized carbons (Fsp3) is 0.286. The predicted octanol–water partition coefficient (Wildman–Crippen LogP) is 3.51. The molecule has 2 unspecified atom stereocenters. The van der Waals surface area contributed by atoms with Gasteiger partial charge in [-0.05, 0) is 36.1 Å². The molecule has 0 bridgehead atoms. The van der Waals surface area contributed by atoms with Crippen molar-refractivity contribution in [3.05, 3.63) is 47.9 Å². The topological polar surface area (TPSA) is 18.5 Å². The smallest absolute Gasteiger partial charge is 0.170 e. The normalized spacial score (nSPS) is 26.6. The summed E-state index contributed by atoms with van der Waals surface area (Å²) in [6.07, 6.45) is 4.27. The molecule has 2 aliphatic rings. The second kappa shape index (κ2) is 3.41. The summed E-state index contributed by atoms with van der Waals surface area (Å²) in [6, 6.07) is 7.75. The highest BCUT2D eigenvalue weighted by atomic mass is 16.6. The van der Waals surface area contributed by atoms with E-state index in [9.17, 15) is 0 Å². The van der Waals surface area contributed by atoms with Crippen molar-refractivity contribution in [1.82, 2.24) is 0 Å². The predicted molar refractivity (Wildman–Crippen MR) is 62.2 cm³/mol. The van der Waals surface area contributed by atoms with Crippen LogP contribution in [-0.4, -0.2) is 0 Å². The van der Waals surface area contributed by atoms with Gasteiger partial charge in [0.15, 0.2) is 23.0 Å². The lowest BCUT2D eigenvalue weighted by atomic mass is 9.90. The lowest BCUT2D eigenvalue weighted by molar-refractivity contribution is 0.277. The van der Waals surface area contributed by atoms with Crippen molar-refractivity contribution >= 4 is 0 Å². The van der Waals surface area contributed by atoms with Crippen molar-refractivity contribution in [3.8, 4) is 11.5 Å². The third-order valence-corrected chi connectivity index (χ3v) is 3.19. The fourth-order valence-electron chi connectivity index (χ4n) is 1.97. The lowest BCUT2D eigenvalue weighted by Gasteiger charge is -2.28. The number of rotatable bonds is 0. The van der Waals surface area contributed by atoms with Gasteiger partial charge in [0.05, 0.1) is 0 Å². The van der Waals surface area contributed by atoms with Crippen LogP contribution in [0.4, 0.5) is 0 Å². The molecule has 82 valence electrons. The zero-order valence-corrected chi connectivity index (χ0v) is 9.44. The maximum Gasteiger partial charge on any atom is 0.170 e. The third-order valence-electron chi connectivity index (χ3n) is 3.19. The second-order valence-electron chi connectivity index (χ2n) is 4.43. The molecule has 1 heterocycles. The number of ether oxygens (including phenoxy) is 2. The van der Waals surface area contributed by atoms with E-state index >= 15 is 0 Å². The van der Waals surface area contributed by atoms with Gasteiger partial charge in [-0.15, -0.1) is 0 Å². The quantitative estimate of drug-likeness (QED) is 0.658. The first-order valence-electron chi connectivity index (χ1n) is 5.63. The Morgan fingerprint density at radius 2 is 1.25 bits per heavy atom. The molecule has 2 heteroatoms. The van der Waals surface area contributed by atoms with Crippen LogP contribution in [0.2, 0.25) is 0 Å². The van der Waals surface area contributed by atoms with Crippen molar-refractivity contribution in [3.63, 3.8) is 0 Å². The van der Waals surface area contributed by atoms with Crippen LogP contribution in [0.25, 0.3) is 0 Å². The van der Waals surface area contributed by atoms with Gasteiger partial charge in [0.2, 0.25) is 0 Å². The number of benzene rings is 1. The molecular formula is C14H14O2. The first-order chi connectivity index (χ1) is 7.74. The summed E-state index contributed by atoms with van der Waals surface area (Å²) in [6.45, 7) is 4.38. The van der Waals surface area contributed by atoms with E-state index in [0.29, 0.717) is 11.8 Å². The zero-order chi connectivity index (χ0) is 11.1. The van der Waals surface area contributed by atoms with E-state index in [2.05, 4.69) is 26.0 Å². The molecule has 0 fully saturated rings. The van der Waals surface area contributed by atoms with Crippen LogP contribution in [0.15, 0.2) is 47.9 Å². The summed E-state index contributed by atoms with van der Waals surface area (Å²) in [4.78, 5) is 0. The standard InChI is InChI=1S/C14H14O2/c1-9-7-13-14(8-10(9)2)16-12-6-4-3-5-11(12)15-13/h3-10H,1-2H3. The van der Waals surface area contributed by atoms with Gasteiger partial charge in [0, 0.05) is 0 Å². The molecule has 0 amide bonds. The summed E-state index contributed by atoms with van der Waals surface area (Å²) in [5.74, 6) is 4.29. The summed E-state index contributed by atoms with van der Waals surface area (Å²) in [7, 11) is 0. The Balaban J connectivity index is 2.03.